The summed E-state index contributed by atoms with van der Waals surface area (Å²) in [7, 11) is -3.54. The van der Waals surface area contributed by atoms with Crippen molar-refractivity contribution in [1.82, 2.24) is 4.90 Å². The van der Waals surface area contributed by atoms with Gasteiger partial charge in [-0.3, -0.25) is 0 Å². The highest BCUT2D eigenvalue weighted by Crippen LogP contribution is 2.42. The molecule has 4 rings (SSSR count). The SMILES string of the molecule is CCOc1ccc2c(c1)S(=O)(=O)[C@@H](C)[C@H](c1ccc(OCCCN3CCCCC3)cc1)O2. The summed E-state index contributed by atoms with van der Waals surface area (Å²) in [5.41, 5.74) is 0.821. The van der Waals surface area contributed by atoms with Crippen LogP contribution in [0.1, 0.15) is 51.2 Å². The van der Waals surface area contributed by atoms with E-state index in [0.29, 0.717) is 24.7 Å². The summed E-state index contributed by atoms with van der Waals surface area (Å²) in [6.07, 6.45) is 4.39. The van der Waals surface area contributed by atoms with Gasteiger partial charge in [-0.15, -0.1) is 0 Å². The Hall–Kier alpha value is -2.25. The molecule has 0 radical (unpaired) electrons. The minimum atomic E-state index is -3.54. The van der Waals surface area contributed by atoms with E-state index in [9.17, 15) is 8.42 Å². The van der Waals surface area contributed by atoms with E-state index in [1.165, 1.54) is 32.4 Å². The van der Waals surface area contributed by atoms with Gasteiger partial charge < -0.3 is 19.1 Å². The molecular formula is C25H33NO5S. The van der Waals surface area contributed by atoms with Crippen molar-refractivity contribution < 1.29 is 22.6 Å². The minimum absolute atomic E-state index is 0.195. The molecule has 1 saturated heterocycles. The van der Waals surface area contributed by atoms with Gasteiger partial charge in [0.25, 0.3) is 0 Å². The number of likely N-dealkylation sites (tertiary alicyclic amines) is 1. The van der Waals surface area contributed by atoms with Crippen molar-refractivity contribution in [3.05, 3.63) is 48.0 Å². The molecule has 2 heterocycles. The first-order valence-electron chi connectivity index (χ1n) is 11.6. The molecule has 32 heavy (non-hydrogen) atoms. The second kappa shape index (κ2) is 10.1. The topological polar surface area (TPSA) is 65.1 Å². The van der Waals surface area contributed by atoms with E-state index in [1.54, 1.807) is 25.1 Å². The van der Waals surface area contributed by atoms with E-state index in [2.05, 4.69) is 4.90 Å². The number of hydrogen-bond donors (Lipinski definition) is 0. The van der Waals surface area contributed by atoms with Crippen LogP contribution in [-0.4, -0.2) is 51.4 Å². The maximum absolute atomic E-state index is 13.2. The molecule has 2 atom stereocenters. The second-order valence-corrected chi connectivity index (χ2v) is 10.8. The number of rotatable bonds is 8. The van der Waals surface area contributed by atoms with Crippen molar-refractivity contribution in [2.75, 3.05) is 32.8 Å². The van der Waals surface area contributed by atoms with Crippen LogP contribution in [0, 0.1) is 0 Å². The van der Waals surface area contributed by atoms with E-state index < -0.39 is 21.2 Å². The molecule has 2 aromatic rings. The molecule has 2 aromatic carbocycles. The molecule has 0 N–H and O–H groups in total. The number of piperidine rings is 1. The van der Waals surface area contributed by atoms with Crippen molar-refractivity contribution in [2.24, 2.45) is 0 Å². The van der Waals surface area contributed by atoms with Gasteiger partial charge in [-0.25, -0.2) is 8.42 Å². The Morgan fingerprint density at radius 3 is 2.44 bits per heavy atom. The zero-order valence-corrected chi connectivity index (χ0v) is 19.8. The predicted octanol–water partition coefficient (Wildman–Crippen LogP) is 4.64. The zero-order valence-electron chi connectivity index (χ0n) is 19.0. The lowest BCUT2D eigenvalue weighted by Gasteiger charge is -2.32. The first kappa shape index (κ1) is 22.9. The van der Waals surface area contributed by atoms with Crippen LogP contribution in [0.5, 0.6) is 17.2 Å². The molecule has 7 heteroatoms. The van der Waals surface area contributed by atoms with Gasteiger partial charge in [-0.1, -0.05) is 18.6 Å². The molecule has 2 aliphatic rings. The van der Waals surface area contributed by atoms with E-state index in [0.717, 1.165) is 24.3 Å². The van der Waals surface area contributed by atoms with Gasteiger partial charge in [0.15, 0.2) is 9.84 Å². The van der Waals surface area contributed by atoms with E-state index in [-0.39, 0.29) is 4.90 Å². The lowest BCUT2D eigenvalue weighted by molar-refractivity contribution is 0.188. The summed E-state index contributed by atoms with van der Waals surface area (Å²) in [6.45, 7) is 8.20. The lowest BCUT2D eigenvalue weighted by atomic mass is 10.1. The predicted molar refractivity (Wildman–Crippen MR) is 124 cm³/mol. The Morgan fingerprint density at radius 2 is 1.72 bits per heavy atom. The van der Waals surface area contributed by atoms with Crippen LogP contribution in [0.4, 0.5) is 0 Å². The van der Waals surface area contributed by atoms with Crippen molar-refractivity contribution in [3.8, 4) is 17.2 Å². The Balaban J connectivity index is 1.39. The van der Waals surface area contributed by atoms with Crippen molar-refractivity contribution in [2.45, 2.75) is 55.8 Å². The second-order valence-electron chi connectivity index (χ2n) is 8.50. The van der Waals surface area contributed by atoms with Crippen LogP contribution in [-0.2, 0) is 9.84 Å². The largest absolute Gasteiger partial charge is 0.494 e. The molecule has 0 aliphatic carbocycles. The van der Waals surface area contributed by atoms with Crippen molar-refractivity contribution >= 4 is 9.84 Å². The fraction of sp³-hybridized carbons (Fsp3) is 0.520. The third-order valence-corrected chi connectivity index (χ3v) is 8.41. The molecule has 0 amide bonds. The first-order chi connectivity index (χ1) is 15.5. The number of nitrogens with zero attached hydrogens (tertiary/aromatic N) is 1. The Kier molecular flexibility index (Phi) is 7.26. The number of sulfone groups is 1. The molecule has 0 bridgehead atoms. The standard InChI is InChI=1S/C25H33NO5S/c1-3-29-22-12-13-23-24(18-22)32(27,28)19(2)25(31-23)20-8-10-21(11-9-20)30-17-7-16-26-14-5-4-6-15-26/h8-13,18-19,25H,3-7,14-17H2,1-2H3/t19-,25+/m0/s1. The summed E-state index contributed by atoms with van der Waals surface area (Å²) < 4.78 is 43.8. The molecule has 174 valence electrons. The third kappa shape index (κ3) is 5.04. The molecule has 0 spiro atoms. The number of ether oxygens (including phenoxy) is 3. The normalized spacial score (nSPS) is 22.6. The highest BCUT2D eigenvalue weighted by molar-refractivity contribution is 7.92. The van der Waals surface area contributed by atoms with Crippen LogP contribution >= 0.6 is 0 Å². The fourth-order valence-corrected chi connectivity index (χ4v) is 6.03. The monoisotopic (exact) mass is 459 g/mol. The van der Waals surface area contributed by atoms with Gasteiger partial charge in [0.1, 0.15) is 33.5 Å². The fourth-order valence-electron chi connectivity index (χ4n) is 4.41. The van der Waals surface area contributed by atoms with Gasteiger partial charge in [0.05, 0.1) is 13.2 Å². The van der Waals surface area contributed by atoms with E-state index >= 15 is 0 Å². The Morgan fingerprint density at radius 1 is 1.00 bits per heavy atom. The van der Waals surface area contributed by atoms with Crippen LogP contribution in [0.25, 0.3) is 0 Å². The van der Waals surface area contributed by atoms with Gasteiger partial charge in [0, 0.05) is 12.6 Å². The first-order valence-corrected chi connectivity index (χ1v) is 13.2. The number of fused-ring (bicyclic) bond motifs is 1. The van der Waals surface area contributed by atoms with Crippen LogP contribution in [0.15, 0.2) is 47.4 Å². The highest BCUT2D eigenvalue weighted by atomic mass is 32.2. The van der Waals surface area contributed by atoms with Crippen LogP contribution in [0.2, 0.25) is 0 Å². The molecule has 0 aromatic heterocycles. The van der Waals surface area contributed by atoms with Gasteiger partial charge in [-0.2, -0.15) is 0 Å². The average Bonchev–Trinajstić information content (AvgIpc) is 2.81. The minimum Gasteiger partial charge on any atom is -0.494 e. The maximum Gasteiger partial charge on any atom is 0.188 e. The van der Waals surface area contributed by atoms with Gasteiger partial charge in [-0.05, 0) is 76.0 Å². The zero-order chi connectivity index (χ0) is 22.6. The summed E-state index contributed by atoms with van der Waals surface area (Å²) in [5.74, 6) is 1.70. The number of benzene rings is 2. The summed E-state index contributed by atoms with van der Waals surface area (Å²) in [4.78, 5) is 2.70. The molecule has 2 aliphatic heterocycles. The molecule has 0 unspecified atom stereocenters. The van der Waals surface area contributed by atoms with E-state index in [4.69, 9.17) is 14.2 Å². The van der Waals surface area contributed by atoms with Crippen LogP contribution in [0.3, 0.4) is 0 Å². The lowest BCUT2D eigenvalue weighted by Crippen LogP contribution is -2.34. The summed E-state index contributed by atoms with van der Waals surface area (Å²) >= 11 is 0. The molecule has 6 nitrogen and oxygen atoms in total. The van der Waals surface area contributed by atoms with E-state index in [1.807, 2.05) is 31.2 Å². The Bertz CT molecular complexity index is 999. The quantitative estimate of drug-likeness (QED) is 0.536. The van der Waals surface area contributed by atoms with Crippen LogP contribution < -0.4 is 14.2 Å². The molecular weight excluding hydrogens is 426 g/mol. The average molecular weight is 460 g/mol. The number of hydrogen-bond acceptors (Lipinski definition) is 6. The van der Waals surface area contributed by atoms with Gasteiger partial charge >= 0.3 is 0 Å². The smallest absolute Gasteiger partial charge is 0.188 e. The van der Waals surface area contributed by atoms with Crippen molar-refractivity contribution in [1.29, 1.82) is 0 Å². The highest BCUT2D eigenvalue weighted by Gasteiger charge is 2.40. The molecule has 0 saturated carbocycles. The Labute approximate surface area is 191 Å². The van der Waals surface area contributed by atoms with Crippen molar-refractivity contribution in [3.63, 3.8) is 0 Å². The summed E-state index contributed by atoms with van der Waals surface area (Å²) in [5, 5.41) is -0.705. The molecule has 1 fully saturated rings. The maximum atomic E-state index is 13.2. The van der Waals surface area contributed by atoms with Gasteiger partial charge in [0.2, 0.25) is 0 Å². The summed E-state index contributed by atoms with van der Waals surface area (Å²) in [6, 6.07) is 12.6. The third-order valence-electron chi connectivity index (χ3n) is 6.25.